The smallest absolute Gasteiger partial charge is 0.253 e. The summed E-state index contributed by atoms with van der Waals surface area (Å²) in [6.07, 6.45) is 4.54. The zero-order valence-corrected chi connectivity index (χ0v) is 19.5. The Kier molecular flexibility index (Phi) is 7.17. The lowest BCUT2D eigenvalue weighted by atomic mass is 9.80. The summed E-state index contributed by atoms with van der Waals surface area (Å²) in [7, 11) is 1.66. The van der Waals surface area contributed by atoms with E-state index in [9.17, 15) is 4.79 Å². The highest BCUT2D eigenvalue weighted by molar-refractivity contribution is 5.94. The van der Waals surface area contributed by atoms with Crippen molar-refractivity contribution in [3.05, 3.63) is 65.2 Å². The van der Waals surface area contributed by atoms with E-state index in [-0.39, 0.29) is 23.7 Å². The maximum absolute atomic E-state index is 13.2. The van der Waals surface area contributed by atoms with E-state index < -0.39 is 0 Å². The number of nitrogens with zero attached hydrogens (tertiary/aromatic N) is 1. The van der Waals surface area contributed by atoms with Crippen molar-refractivity contribution in [3.63, 3.8) is 0 Å². The zero-order chi connectivity index (χ0) is 22.6. The molecule has 2 heterocycles. The molecule has 5 nitrogen and oxygen atoms in total. The van der Waals surface area contributed by atoms with Crippen molar-refractivity contribution in [1.82, 2.24) is 4.90 Å². The number of amides is 1. The van der Waals surface area contributed by atoms with Crippen LogP contribution in [0.4, 0.5) is 0 Å². The number of carbonyl (C=O) groups is 1. The second kappa shape index (κ2) is 10.1. The summed E-state index contributed by atoms with van der Waals surface area (Å²) in [5.41, 5.74) is 2.78. The maximum Gasteiger partial charge on any atom is 0.253 e. The SMILES string of the molecule is CCO[C@H]1C[C@@H](c2ccccc2)OC2(CCN(C(=O)c3ccc(CC)c(OC)c3)CC2)C1. The number of aryl methyl sites for hydroxylation is 1. The van der Waals surface area contributed by atoms with Crippen molar-refractivity contribution in [1.29, 1.82) is 0 Å². The van der Waals surface area contributed by atoms with Gasteiger partial charge in [0.25, 0.3) is 5.91 Å². The normalized spacial score (nSPS) is 22.7. The van der Waals surface area contributed by atoms with Crippen molar-refractivity contribution in [2.24, 2.45) is 0 Å². The Morgan fingerprint density at radius 1 is 1.12 bits per heavy atom. The Labute approximate surface area is 191 Å². The number of hydrogen-bond acceptors (Lipinski definition) is 4. The molecule has 2 aliphatic heterocycles. The van der Waals surface area contributed by atoms with Crippen LogP contribution in [0, 0.1) is 0 Å². The molecule has 2 aromatic carbocycles. The van der Waals surface area contributed by atoms with Crippen LogP contribution in [-0.2, 0) is 15.9 Å². The highest BCUT2D eigenvalue weighted by Crippen LogP contribution is 2.44. The minimum Gasteiger partial charge on any atom is -0.496 e. The van der Waals surface area contributed by atoms with E-state index in [4.69, 9.17) is 14.2 Å². The van der Waals surface area contributed by atoms with E-state index in [1.165, 1.54) is 5.56 Å². The van der Waals surface area contributed by atoms with Crippen molar-refractivity contribution >= 4 is 5.91 Å². The molecule has 2 aliphatic rings. The van der Waals surface area contributed by atoms with Crippen LogP contribution in [0.15, 0.2) is 48.5 Å². The fraction of sp³-hybridized carbons (Fsp3) is 0.519. The molecule has 0 radical (unpaired) electrons. The Bertz CT molecular complexity index is 905. The summed E-state index contributed by atoms with van der Waals surface area (Å²) in [4.78, 5) is 15.2. The van der Waals surface area contributed by atoms with Gasteiger partial charge in [0.15, 0.2) is 0 Å². The molecule has 0 aromatic heterocycles. The van der Waals surface area contributed by atoms with Crippen LogP contribution in [0.3, 0.4) is 0 Å². The summed E-state index contributed by atoms with van der Waals surface area (Å²) < 4.78 is 18.3. The molecule has 0 aliphatic carbocycles. The summed E-state index contributed by atoms with van der Waals surface area (Å²) in [6, 6.07) is 16.2. The van der Waals surface area contributed by atoms with E-state index >= 15 is 0 Å². The summed E-state index contributed by atoms with van der Waals surface area (Å²) in [5, 5.41) is 0. The number of ether oxygens (including phenoxy) is 3. The first-order valence-corrected chi connectivity index (χ1v) is 11.9. The van der Waals surface area contributed by atoms with Gasteiger partial charge in [0.1, 0.15) is 5.75 Å². The van der Waals surface area contributed by atoms with E-state index in [0.29, 0.717) is 25.3 Å². The molecule has 2 saturated heterocycles. The largest absolute Gasteiger partial charge is 0.496 e. The highest BCUT2D eigenvalue weighted by atomic mass is 16.5. The minimum absolute atomic E-state index is 0.0367. The van der Waals surface area contributed by atoms with E-state index in [1.54, 1.807) is 7.11 Å². The van der Waals surface area contributed by atoms with Gasteiger partial charge in [-0.05, 0) is 49.4 Å². The van der Waals surface area contributed by atoms with Gasteiger partial charge in [0.2, 0.25) is 0 Å². The number of methoxy groups -OCH3 is 1. The van der Waals surface area contributed by atoms with Crippen LogP contribution >= 0.6 is 0 Å². The zero-order valence-electron chi connectivity index (χ0n) is 19.5. The topological polar surface area (TPSA) is 48.0 Å². The first-order chi connectivity index (χ1) is 15.6. The predicted molar refractivity (Wildman–Crippen MR) is 125 cm³/mol. The first-order valence-electron chi connectivity index (χ1n) is 11.9. The van der Waals surface area contributed by atoms with Gasteiger partial charge in [0.05, 0.1) is 24.9 Å². The summed E-state index contributed by atoms with van der Waals surface area (Å²) in [6.45, 7) is 6.24. The quantitative estimate of drug-likeness (QED) is 0.624. The van der Waals surface area contributed by atoms with E-state index in [2.05, 4.69) is 38.1 Å². The predicted octanol–water partition coefficient (Wildman–Crippen LogP) is 5.19. The molecule has 2 atom stereocenters. The van der Waals surface area contributed by atoms with Gasteiger partial charge < -0.3 is 19.1 Å². The molecule has 4 rings (SSSR count). The molecule has 32 heavy (non-hydrogen) atoms. The van der Waals surface area contributed by atoms with Crippen molar-refractivity contribution in [2.45, 2.75) is 63.8 Å². The monoisotopic (exact) mass is 437 g/mol. The Hall–Kier alpha value is -2.37. The number of piperidine rings is 1. The minimum atomic E-state index is -0.237. The third kappa shape index (κ3) is 4.84. The maximum atomic E-state index is 13.2. The standard InChI is InChI=1S/C27H35NO4/c1-4-20-11-12-22(17-24(20)30-3)26(29)28-15-13-27(14-16-28)19-23(31-5-2)18-25(32-27)21-9-7-6-8-10-21/h6-12,17,23,25H,4-5,13-16,18-19H2,1-3H3/t23-,25-/m0/s1. The second-order valence-corrected chi connectivity index (χ2v) is 8.89. The fourth-order valence-corrected chi connectivity index (χ4v) is 5.16. The molecular formula is C27H35NO4. The average molecular weight is 438 g/mol. The van der Waals surface area contributed by atoms with Gasteiger partial charge in [-0.2, -0.15) is 0 Å². The summed E-state index contributed by atoms with van der Waals surface area (Å²) in [5.74, 6) is 0.852. The van der Waals surface area contributed by atoms with Crippen LogP contribution < -0.4 is 4.74 Å². The van der Waals surface area contributed by atoms with Gasteiger partial charge >= 0.3 is 0 Å². The van der Waals surface area contributed by atoms with Crippen molar-refractivity contribution in [2.75, 3.05) is 26.8 Å². The van der Waals surface area contributed by atoms with Crippen molar-refractivity contribution in [3.8, 4) is 5.75 Å². The lowest BCUT2D eigenvalue weighted by molar-refractivity contribution is -0.190. The van der Waals surface area contributed by atoms with Crippen molar-refractivity contribution < 1.29 is 19.0 Å². The van der Waals surface area contributed by atoms with Crippen LogP contribution in [0.5, 0.6) is 5.75 Å². The van der Waals surface area contributed by atoms with Crippen LogP contribution in [0.1, 0.15) is 67.1 Å². The van der Waals surface area contributed by atoms with Gasteiger partial charge in [-0.25, -0.2) is 0 Å². The Balaban J connectivity index is 1.46. The lowest BCUT2D eigenvalue weighted by Gasteiger charge is -2.48. The molecule has 1 spiro atoms. The summed E-state index contributed by atoms with van der Waals surface area (Å²) >= 11 is 0. The molecule has 172 valence electrons. The van der Waals surface area contributed by atoms with E-state index in [1.807, 2.05) is 29.2 Å². The Morgan fingerprint density at radius 2 is 1.88 bits per heavy atom. The van der Waals surface area contributed by atoms with Crippen LogP contribution in [-0.4, -0.2) is 49.3 Å². The number of benzene rings is 2. The third-order valence-electron chi connectivity index (χ3n) is 6.92. The molecule has 1 amide bonds. The molecule has 5 heteroatoms. The first kappa shape index (κ1) is 22.8. The van der Waals surface area contributed by atoms with Gasteiger partial charge in [-0.3, -0.25) is 4.79 Å². The number of likely N-dealkylation sites (tertiary alicyclic amines) is 1. The number of hydrogen-bond donors (Lipinski definition) is 0. The van der Waals surface area contributed by atoms with E-state index in [0.717, 1.165) is 43.4 Å². The second-order valence-electron chi connectivity index (χ2n) is 8.89. The molecule has 2 fully saturated rings. The third-order valence-corrected chi connectivity index (χ3v) is 6.92. The van der Waals surface area contributed by atoms with Gasteiger partial charge in [0, 0.05) is 38.1 Å². The fourth-order valence-electron chi connectivity index (χ4n) is 5.16. The molecule has 2 aromatic rings. The van der Waals surface area contributed by atoms with Crippen LogP contribution in [0.25, 0.3) is 0 Å². The van der Waals surface area contributed by atoms with Gasteiger partial charge in [-0.15, -0.1) is 0 Å². The average Bonchev–Trinajstić information content (AvgIpc) is 2.84. The highest BCUT2D eigenvalue weighted by Gasteiger charge is 2.45. The molecular weight excluding hydrogens is 402 g/mol. The molecule has 0 saturated carbocycles. The van der Waals surface area contributed by atoms with Crippen LogP contribution in [0.2, 0.25) is 0 Å². The lowest BCUT2D eigenvalue weighted by Crippen LogP contribution is -2.52. The molecule has 0 N–H and O–H groups in total. The number of carbonyl (C=O) groups excluding carboxylic acids is 1. The molecule has 0 unspecified atom stereocenters. The molecule has 0 bridgehead atoms. The van der Waals surface area contributed by atoms with Gasteiger partial charge in [-0.1, -0.05) is 43.3 Å². The number of rotatable bonds is 6. The Morgan fingerprint density at radius 3 is 2.53 bits per heavy atom.